The molecule has 4 rings (SSSR count). The number of nitro groups is 1. The van der Waals surface area contributed by atoms with Gasteiger partial charge in [0.2, 0.25) is 5.91 Å². The first-order chi connectivity index (χ1) is 16.3. The molecule has 2 aromatic rings. The van der Waals surface area contributed by atoms with Crippen molar-refractivity contribution in [2.24, 2.45) is 0 Å². The van der Waals surface area contributed by atoms with Gasteiger partial charge in [-0.3, -0.25) is 19.7 Å². The molecule has 0 aromatic heterocycles. The highest BCUT2D eigenvalue weighted by Crippen LogP contribution is 2.40. The normalized spacial score (nSPS) is 21.2. The van der Waals surface area contributed by atoms with E-state index in [9.17, 15) is 24.5 Å². The van der Waals surface area contributed by atoms with Crippen molar-refractivity contribution in [2.75, 3.05) is 12.4 Å². The summed E-state index contributed by atoms with van der Waals surface area (Å²) in [7, 11) is 0. The molecule has 2 saturated heterocycles. The quantitative estimate of drug-likeness (QED) is 0.199. The van der Waals surface area contributed by atoms with Crippen molar-refractivity contribution < 1.29 is 28.8 Å². The third kappa shape index (κ3) is 4.88. The Balaban J connectivity index is 1.32. The summed E-state index contributed by atoms with van der Waals surface area (Å²) in [6.45, 7) is 3.57. The summed E-state index contributed by atoms with van der Waals surface area (Å²) in [6.07, 6.45) is 0. The van der Waals surface area contributed by atoms with E-state index in [-0.39, 0.29) is 18.9 Å². The Bertz CT molecular complexity index is 1120. The number of amides is 2. The van der Waals surface area contributed by atoms with Gasteiger partial charge in [-0.05, 0) is 35.4 Å². The van der Waals surface area contributed by atoms with Crippen LogP contribution < -0.4 is 10.1 Å². The van der Waals surface area contributed by atoms with Crippen molar-refractivity contribution in [1.29, 1.82) is 0 Å². The van der Waals surface area contributed by atoms with E-state index in [1.165, 1.54) is 40.9 Å². The number of nitrogens with one attached hydrogen (secondary N) is 1. The molecule has 34 heavy (non-hydrogen) atoms. The van der Waals surface area contributed by atoms with E-state index in [2.05, 4.69) is 11.9 Å². The van der Waals surface area contributed by atoms with Crippen molar-refractivity contribution in [3.8, 4) is 5.75 Å². The van der Waals surface area contributed by atoms with Crippen molar-refractivity contribution >= 4 is 35.2 Å². The summed E-state index contributed by atoms with van der Waals surface area (Å²) in [5.74, 6) is -0.510. The van der Waals surface area contributed by atoms with Gasteiger partial charge in [0.25, 0.3) is 11.6 Å². The molecule has 2 amide bonds. The number of ether oxygens (including phenoxy) is 2. The van der Waals surface area contributed by atoms with Gasteiger partial charge in [0.05, 0.1) is 4.92 Å². The predicted molar refractivity (Wildman–Crippen MR) is 123 cm³/mol. The Morgan fingerprint density at radius 2 is 1.88 bits per heavy atom. The van der Waals surface area contributed by atoms with E-state index in [0.29, 0.717) is 22.6 Å². The number of hydrogen-bond acceptors (Lipinski definition) is 8. The number of carbonyl (C=O) groups excluding carboxylic acids is 3. The molecule has 0 radical (unpaired) electrons. The summed E-state index contributed by atoms with van der Waals surface area (Å²) in [6, 6.07) is 12.8. The number of esters is 1. The molecule has 0 saturated carbocycles. The SMILES string of the molecule is C=C1CS[C@@H]2C(NC(=O)COc3ccccc3)C(=O)N2C1C(=O)OCc1ccc([N+](=O)[O-])cc1. The average molecular weight is 484 g/mol. The molecular formula is C23H21N3O7S. The number of rotatable bonds is 8. The molecule has 0 bridgehead atoms. The minimum atomic E-state index is -0.953. The van der Waals surface area contributed by atoms with Gasteiger partial charge in [0, 0.05) is 17.9 Å². The third-order valence-corrected chi connectivity index (χ3v) is 6.74. The zero-order chi connectivity index (χ0) is 24.2. The Labute approximate surface area is 199 Å². The van der Waals surface area contributed by atoms with Gasteiger partial charge in [-0.25, -0.2) is 4.79 Å². The number of carbonyl (C=O) groups is 3. The molecule has 2 aliphatic heterocycles. The molecule has 2 fully saturated rings. The zero-order valence-electron chi connectivity index (χ0n) is 17.9. The number of benzene rings is 2. The first kappa shape index (κ1) is 23.3. The monoisotopic (exact) mass is 483 g/mol. The molecule has 0 spiro atoms. The second-order valence-electron chi connectivity index (χ2n) is 7.69. The smallest absolute Gasteiger partial charge is 0.333 e. The average Bonchev–Trinajstić information content (AvgIpc) is 2.85. The Morgan fingerprint density at radius 1 is 1.18 bits per heavy atom. The molecule has 2 unspecified atom stereocenters. The zero-order valence-corrected chi connectivity index (χ0v) is 18.7. The van der Waals surface area contributed by atoms with E-state index < -0.39 is 40.2 Å². The first-order valence-electron chi connectivity index (χ1n) is 10.3. The number of fused-ring (bicyclic) bond motifs is 1. The molecule has 176 valence electrons. The van der Waals surface area contributed by atoms with E-state index in [1.807, 2.05) is 6.07 Å². The standard InChI is InChI=1S/C23H21N3O7S/c1-14-13-34-22-19(24-18(27)12-32-17-5-3-2-4-6-17)21(28)25(22)20(14)23(29)33-11-15-7-9-16(10-8-15)26(30)31/h2-10,19-20,22H,1,11-13H2,(H,24,27)/t19?,20?,22-/m1/s1. The van der Waals surface area contributed by atoms with E-state index in [4.69, 9.17) is 9.47 Å². The lowest BCUT2D eigenvalue weighted by atomic mass is 9.98. The summed E-state index contributed by atoms with van der Waals surface area (Å²) in [4.78, 5) is 49.5. The highest BCUT2D eigenvalue weighted by atomic mass is 32.2. The lowest BCUT2D eigenvalue weighted by Gasteiger charge is -2.52. The van der Waals surface area contributed by atoms with Crippen LogP contribution in [0.3, 0.4) is 0 Å². The Kier molecular flexibility index (Phi) is 6.82. The summed E-state index contributed by atoms with van der Waals surface area (Å²) in [5.41, 5.74) is 1.04. The Hall–Kier alpha value is -3.86. The summed E-state index contributed by atoms with van der Waals surface area (Å²) in [5, 5.41) is 13.0. The number of β-lactam (4-membered cyclic amide) rings is 1. The Morgan fingerprint density at radius 3 is 2.56 bits per heavy atom. The van der Waals surface area contributed by atoms with Crippen LogP contribution in [-0.4, -0.2) is 57.4 Å². The first-order valence-corrected chi connectivity index (χ1v) is 11.4. The number of para-hydroxylation sites is 1. The van der Waals surface area contributed by atoms with Crippen molar-refractivity contribution in [3.05, 3.63) is 82.4 Å². The van der Waals surface area contributed by atoms with E-state index in [1.54, 1.807) is 24.3 Å². The van der Waals surface area contributed by atoms with Gasteiger partial charge >= 0.3 is 5.97 Å². The fraction of sp³-hybridized carbons (Fsp3) is 0.261. The summed E-state index contributed by atoms with van der Waals surface area (Å²) < 4.78 is 10.8. The van der Waals surface area contributed by atoms with Gasteiger partial charge in [-0.15, -0.1) is 11.8 Å². The largest absolute Gasteiger partial charge is 0.484 e. The topological polar surface area (TPSA) is 128 Å². The molecule has 10 nitrogen and oxygen atoms in total. The van der Waals surface area contributed by atoms with Gasteiger partial charge in [0.15, 0.2) is 12.6 Å². The van der Waals surface area contributed by atoms with Gasteiger partial charge in [-0.1, -0.05) is 24.8 Å². The second kappa shape index (κ2) is 9.96. The fourth-order valence-corrected chi connectivity index (χ4v) is 4.95. The molecule has 3 atom stereocenters. The van der Waals surface area contributed by atoms with Crippen LogP contribution in [0.5, 0.6) is 5.75 Å². The predicted octanol–water partition coefficient (Wildman–Crippen LogP) is 2.04. The molecule has 0 aliphatic carbocycles. The van der Waals surface area contributed by atoms with E-state index in [0.717, 1.165) is 0 Å². The lowest BCUT2D eigenvalue weighted by Crippen LogP contribution is -2.74. The third-order valence-electron chi connectivity index (χ3n) is 5.37. The van der Waals surface area contributed by atoms with Crippen LogP contribution in [0.15, 0.2) is 66.7 Å². The van der Waals surface area contributed by atoms with Crippen LogP contribution >= 0.6 is 11.8 Å². The van der Waals surface area contributed by atoms with Crippen molar-refractivity contribution in [2.45, 2.75) is 24.1 Å². The molecular weight excluding hydrogens is 462 g/mol. The number of nitro benzene ring substituents is 1. The molecule has 2 aliphatic rings. The van der Waals surface area contributed by atoms with Gasteiger partial charge < -0.3 is 19.7 Å². The van der Waals surface area contributed by atoms with Gasteiger partial charge in [-0.2, -0.15) is 0 Å². The molecule has 2 aromatic carbocycles. The van der Waals surface area contributed by atoms with Gasteiger partial charge in [0.1, 0.15) is 23.8 Å². The van der Waals surface area contributed by atoms with Crippen LogP contribution in [-0.2, 0) is 25.7 Å². The number of non-ortho nitro benzene ring substituents is 1. The summed E-state index contributed by atoms with van der Waals surface area (Å²) >= 11 is 1.41. The minimum Gasteiger partial charge on any atom is -0.484 e. The van der Waals surface area contributed by atoms with E-state index >= 15 is 0 Å². The maximum absolute atomic E-state index is 12.8. The number of hydrogen-bond donors (Lipinski definition) is 1. The lowest BCUT2D eigenvalue weighted by molar-refractivity contribution is -0.384. The highest BCUT2D eigenvalue weighted by molar-refractivity contribution is 8.00. The van der Waals surface area contributed by atoms with Crippen LogP contribution in [0.25, 0.3) is 0 Å². The van der Waals surface area contributed by atoms with Crippen LogP contribution in [0, 0.1) is 10.1 Å². The fourth-order valence-electron chi connectivity index (χ4n) is 3.65. The maximum atomic E-state index is 12.8. The molecule has 2 heterocycles. The second-order valence-corrected chi connectivity index (χ2v) is 8.79. The number of thioether (sulfide) groups is 1. The number of nitrogens with zero attached hydrogens (tertiary/aromatic N) is 2. The minimum absolute atomic E-state index is 0.0657. The maximum Gasteiger partial charge on any atom is 0.333 e. The van der Waals surface area contributed by atoms with Crippen molar-refractivity contribution in [3.63, 3.8) is 0 Å². The molecule has 11 heteroatoms. The molecule has 1 N–H and O–H groups in total. The highest BCUT2D eigenvalue weighted by Gasteiger charge is 2.56. The van der Waals surface area contributed by atoms with Crippen molar-refractivity contribution in [1.82, 2.24) is 10.2 Å². The van der Waals surface area contributed by atoms with Crippen LogP contribution in [0.1, 0.15) is 5.56 Å². The van der Waals surface area contributed by atoms with Crippen LogP contribution in [0.4, 0.5) is 5.69 Å². The van der Waals surface area contributed by atoms with Crippen LogP contribution in [0.2, 0.25) is 0 Å².